The number of halogens is 3. The molecule has 0 aliphatic carbocycles. The predicted octanol–water partition coefficient (Wildman–Crippen LogP) is 3.34. The lowest BCUT2D eigenvalue weighted by Gasteiger charge is -2.08. The molecule has 17 heavy (non-hydrogen) atoms. The average Bonchev–Trinajstić information content (AvgIpc) is 2.27. The van der Waals surface area contributed by atoms with Crippen LogP contribution in [0.5, 0.6) is 0 Å². The van der Waals surface area contributed by atoms with Gasteiger partial charge in [-0.25, -0.2) is 0 Å². The summed E-state index contributed by atoms with van der Waals surface area (Å²) in [5.74, 6) is -1.97. The lowest BCUT2D eigenvalue weighted by molar-refractivity contribution is -0.167. The predicted molar refractivity (Wildman–Crippen MR) is 58.6 cm³/mol. The van der Waals surface area contributed by atoms with Gasteiger partial charge in [-0.2, -0.15) is 13.2 Å². The highest BCUT2D eigenvalue weighted by molar-refractivity contribution is 5.97. The maximum atomic E-state index is 12.0. The normalized spacial score (nSPS) is 11.5. The number of hydrogen-bond donors (Lipinski definition) is 1. The average molecular weight is 239 g/mol. The first kappa shape index (κ1) is 11.4. The minimum absolute atomic E-state index is 0.131. The molecule has 0 aliphatic heterocycles. The lowest BCUT2D eigenvalue weighted by atomic mass is 10.1. The van der Waals surface area contributed by atoms with Gasteiger partial charge >= 0.3 is 12.1 Å². The number of fused-ring (bicyclic) bond motifs is 1. The van der Waals surface area contributed by atoms with Crippen molar-refractivity contribution in [3.63, 3.8) is 0 Å². The maximum Gasteiger partial charge on any atom is 0.471 e. The number of carbonyl (C=O) groups excluding carboxylic acids is 1. The van der Waals surface area contributed by atoms with Crippen molar-refractivity contribution in [3.05, 3.63) is 42.5 Å². The van der Waals surface area contributed by atoms with E-state index in [9.17, 15) is 18.0 Å². The zero-order valence-electron chi connectivity index (χ0n) is 8.58. The van der Waals surface area contributed by atoms with E-state index in [1.807, 2.05) is 17.4 Å². The van der Waals surface area contributed by atoms with Crippen LogP contribution in [0, 0.1) is 0 Å². The van der Waals surface area contributed by atoms with Gasteiger partial charge in [-0.1, -0.05) is 30.3 Å². The highest BCUT2D eigenvalue weighted by Crippen LogP contribution is 2.21. The Labute approximate surface area is 95.1 Å². The van der Waals surface area contributed by atoms with Gasteiger partial charge in [-0.15, -0.1) is 0 Å². The molecule has 0 spiro atoms. The molecule has 0 unspecified atom stereocenters. The van der Waals surface area contributed by atoms with Crippen molar-refractivity contribution < 1.29 is 18.0 Å². The van der Waals surface area contributed by atoms with Crippen molar-refractivity contribution in [1.29, 1.82) is 0 Å². The SMILES string of the molecule is O=C(Nc1ccc2ccccc2c1)C(F)(F)F. The molecule has 1 N–H and O–H groups in total. The third-order valence-corrected chi connectivity index (χ3v) is 2.26. The fraction of sp³-hybridized carbons (Fsp3) is 0.0833. The van der Waals surface area contributed by atoms with E-state index < -0.39 is 12.1 Å². The van der Waals surface area contributed by atoms with Crippen molar-refractivity contribution in [2.45, 2.75) is 6.18 Å². The number of hydrogen-bond acceptors (Lipinski definition) is 1. The Bertz CT molecular complexity index is 563. The van der Waals surface area contributed by atoms with Crippen LogP contribution in [0.2, 0.25) is 0 Å². The first-order valence-electron chi connectivity index (χ1n) is 4.84. The molecule has 2 aromatic carbocycles. The fourth-order valence-electron chi connectivity index (χ4n) is 1.47. The highest BCUT2D eigenvalue weighted by Gasteiger charge is 2.38. The van der Waals surface area contributed by atoms with Crippen LogP contribution in [0.3, 0.4) is 0 Å². The minimum atomic E-state index is -4.87. The standard InChI is InChI=1S/C12H8F3NO/c13-12(14,15)11(17)16-10-6-5-8-3-1-2-4-9(8)7-10/h1-7H,(H,16,17). The largest absolute Gasteiger partial charge is 0.471 e. The molecule has 0 aromatic heterocycles. The van der Waals surface area contributed by atoms with E-state index in [-0.39, 0.29) is 5.69 Å². The Hall–Kier alpha value is -2.04. The summed E-state index contributed by atoms with van der Waals surface area (Å²) in [6.45, 7) is 0. The fourth-order valence-corrected chi connectivity index (χ4v) is 1.47. The number of anilines is 1. The third kappa shape index (κ3) is 2.55. The van der Waals surface area contributed by atoms with E-state index in [1.165, 1.54) is 12.1 Å². The molecule has 88 valence electrons. The Morgan fingerprint density at radius 2 is 1.65 bits per heavy atom. The molecule has 0 bridgehead atoms. The van der Waals surface area contributed by atoms with Gasteiger partial charge in [0.05, 0.1) is 0 Å². The molecule has 2 aromatic rings. The molecule has 0 radical (unpaired) electrons. The van der Waals surface area contributed by atoms with E-state index in [2.05, 4.69) is 0 Å². The molecule has 1 amide bonds. The first-order valence-corrected chi connectivity index (χ1v) is 4.84. The molecule has 5 heteroatoms. The van der Waals surface area contributed by atoms with Gasteiger partial charge < -0.3 is 5.32 Å². The molecule has 0 fully saturated rings. The Balaban J connectivity index is 2.29. The van der Waals surface area contributed by atoms with Crippen molar-refractivity contribution in [2.24, 2.45) is 0 Å². The van der Waals surface area contributed by atoms with Crippen LogP contribution in [-0.4, -0.2) is 12.1 Å². The molecule has 2 rings (SSSR count). The van der Waals surface area contributed by atoms with Crippen LogP contribution in [0.4, 0.5) is 18.9 Å². The van der Waals surface area contributed by atoms with Crippen molar-refractivity contribution in [1.82, 2.24) is 0 Å². The summed E-state index contributed by atoms with van der Waals surface area (Å²) in [6.07, 6.45) is -4.87. The van der Waals surface area contributed by atoms with Gasteiger partial charge in [0, 0.05) is 5.69 Å². The van der Waals surface area contributed by atoms with Crippen LogP contribution in [-0.2, 0) is 4.79 Å². The Morgan fingerprint density at radius 3 is 2.29 bits per heavy atom. The van der Waals surface area contributed by atoms with Crippen molar-refractivity contribution in [2.75, 3.05) is 5.32 Å². The van der Waals surface area contributed by atoms with Crippen molar-refractivity contribution >= 4 is 22.4 Å². The molecule has 0 heterocycles. The summed E-state index contributed by atoms with van der Waals surface area (Å²) in [5.41, 5.74) is 0.131. The Morgan fingerprint density at radius 1 is 1.00 bits per heavy atom. The molecular formula is C12H8F3NO. The number of alkyl halides is 3. The number of rotatable bonds is 1. The van der Waals surface area contributed by atoms with Gasteiger partial charge in [0.1, 0.15) is 0 Å². The van der Waals surface area contributed by atoms with E-state index >= 15 is 0 Å². The second-order valence-corrected chi connectivity index (χ2v) is 3.51. The summed E-state index contributed by atoms with van der Waals surface area (Å²) < 4.78 is 36.1. The number of benzene rings is 2. The zero-order valence-corrected chi connectivity index (χ0v) is 8.58. The number of amides is 1. The summed E-state index contributed by atoms with van der Waals surface area (Å²) in [7, 11) is 0. The van der Waals surface area contributed by atoms with Gasteiger partial charge in [0.25, 0.3) is 0 Å². The smallest absolute Gasteiger partial charge is 0.318 e. The minimum Gasteiger partial charge on any atom is -0.318 e. The topological polar surface area (TPSA) is 29.1 Å². The molecular weight excluding hydrogens is 231 g/mol. The van der Waals surface area contributed by atoms with E-state index in [0.717, 1.165) is 10.8 Å². The van der Waals surface area contributed by atoms with Gasteiger partial charge in [-0.3, -0.25) is 4.79 Å². The molecule has 2 nitrogen and oxygen atoms in total. The van der Waals surface area contributed by atoms with Crippen LogP contribution in [0.25, 0.3) is 10.8 Å². The number of carbonyl (C=O) groups is 1. The second kappa shape index (κ2) is 4.08. The quantitative estimate of drug-likeness (QED) is 0.812. The van der Waals surface area contributed by atoms with Gasteiger partial charge in [-0.05, 0) is 22.9 Å². The monoisotopic (exact) mass is 239 g/mol. The second-order valence-electron chi connectivity index (χ2n) is 3.51. The summed E-state index contributed by atoms with van der Waals surface area (Å²) >= 11 is 0. The van der Waals surface area contributed by atoms with E-state index in [4.69, 9.17) is 0 Å². The van der Waals surface area contributed by atoms with E-state index in [1.54, 1.807) is 18.2 Å². The Kier molecular flexibility index (Phi) is 2.75. The van der Waals surface area contributed by atoms with Crippen LogP contribution in [0.15, 0.2) is 42.5 Å². The lowest BCUT2D eigenvalue weighted by Crippen LogP contribution is -2.29. The zero-order chi connectivity index (χ0) is 12.5. The highest BCUT2D eigenvalue weighted by atomic mass is 19.4. The number of nitrogens with one attached hydrogen (secondary N) is 1. The summed E-state index contributed by atoms with van der Waals surface area (Å²) in [4.78, 5) is 10.7. The van der Waals surface area contributed by atoms with Crippen LogP contribution >= 0.6 is 0 Å². The summed E-state index contributed by atoms with van der Waals surface area (Å²) in [5, 5.41) is 3.48. The van der Waals surface area contributed by atoms with E-state index in [0.29, 0.717) is 0 Å². The van der Waals surface area contributed by atoms with Gasteiger partial charge in [0.15, 0.2) is 0 Å². The van der Waals surface area contributed by atoms with Crippen molar-refractivity contribution in [3.8, 4) is 0 Å². The first-order chi connectivity index (χ1) is 7.97. The summed E-state index contributed by atoms with van der Waals surface area (Å²) in [6, 6.07) is 11.8. The molecule has 0 atom stereocenters. The third-order valence-electron chi connectivity index (χ3n) is 2.26. The van der Waals surface area contributed by atoms with Crippen LogP contribution < -0.4 is 5.32 Å². The maximum absolute atomic E-state index is 12.0. The molecule has 0 aliphatic rings. The molecule has 0 saturated carbocycles. The molecule has 0 saturated heterocycles. The van der Waals surface area contributed by atoms with Gasteiger partial charge in [0.2, 0.25) is 0 Å². The van der Waals surface area contributed by atoms with Crippen LogP contribution in [0.1, 0.15) is 0 Å².